The van der Waals surface area contributed by atoms with E-state index < -0.39 is 12.3 Å². The fourth-order valence-corrected chi connectivity index (χ4v) is 10.6. The van der Waals surface area contributed by atoms with Crippen LogP contribution in [0.25, 0.3) is 54.2 Å². The molecular weight excluding hydrogens is 865 g/mol. The van der Waals surface area contributed by atoms with Crippen molar-refractivity contribution >= 4 is 55.4 Å². The van der Waals surface area contributed by atoms with Gasteiger partial charge in [0, 0.05) is 21.5 Å². The van der Waals surface area contributed by atoms with Gasteiger partial charge in [0.2, 0.25) is 0 Å². The van der Waals surface area contributed by atoms with Crippen LogP contribution in [0.1, 0.15) is 194 Å². The van der Waals surface area contributed by atoms with Crippen LogP contribution in [0.4, 0.5) is 9.59 Å². The summed E-state index contributed by atoms with van der Waals surface area (Å²) in [5, 5.41) is 7.40. The van der Waals surface area contributed by atoms with Crippen molar-refractivity contribution in [2.75, 3.05) is 13.2 Å². The molecule has 378 valence electrons. The number of hydrogen-bond acceptors (Lipinski definition) is 6. The fraction of sp³-hybridized carbons (Fsp3) is 0.531. The maximum atomic E-state index is 13.7. The molecule has 0 N–H and O–H groups in total. The zero-order valence-corrected chi connectivity index (χ0v) is 44.1. The first kappa shape index (κ1) is 54.2. The van der Waals surface area contributed by atoms with Crippen molar-refractivity contribution < 1.29 is 28.5 Å². The van der Waals surface area contributed by atoms with Gasteiger partial charge in [-0.05, 0) is 81.3 Å². The Kier molecular flexibility index (Phi) is 22.7. The van der Waals surface area contributed by atoms with Crippen molar-refractivity contribution in [1.82, 2.24) is 0 Å². The highest BCUT2D eigenvalue weighted by atomic mass is 16.7. The molecule has 6 rings (SSSR count). The highest BCUT2D eigenvalue weighted by Gasteiger charge is 2.26. The molecule has 0 saturated heterocycles. The Hall–Kier alpha value is -5.10. The monoisotopic (exact) mass is 951 g/mol. The van der Waals surface area contributed by atoms with E-state index in [1.165, 1.54) is 101 Å². The highest BCUT2D eigenvalue weighted by molar-refractivity contribution is 6.27. The molecule has 2 atom stereocenters. The first-order valence-electron chi connectivity index (χ1n) is 28.0. The number of carbonyl (C=O) groups is 2. The van der Waals surface area contributed by atoms with Crippen molar-refractivity contribution in [3.63, 3.8) is 0 Å². The van der Waals surface area contributed by atoms with Crippen LogP contribution in [0, 0.1) is 11.8 Å². The Morgan fingerprint density at radius 3 is 1.10 bits per heavy atom. The summed E-state index contributed by atoms with van der Waals surface area (Å²) in [6.45, 7) is 14.3. The Balaban J connectivity index is 1.52. The van der Waals surface area contributed by atoms with Crippen LogP contribution < -0.4 is 9.47 Å². The molecule has 0 fully saturated rings. The molecule has 70 heavy (non-hydrogen) atoms. The van der Waals surface area contributed by atoms with Crippen LogP contribution in [0.3, 0.4) is 0 Å². The van der Waals surface area contributed by atoms with E-state index in [2.05, 4.69) is 114 Å². The van der Waals surface area contributed by atoms with Crippen LogP contribution in [0.2, 0.25) is 0 Å². The van der Waals surface area contributed by atoms with E-state index >= 15 is 0 Å². The fourth-order valence-electron chi connectivity index (χ4n) is 10.6. The predicted octanol–water partition coefficient (Wildman–Crippen LogP) is 20.0. The van der Waals surface area contributed by atoms with Crippen molar-refractivity contribution in [2.24, 2.45) is 11.8 Å². The van der Waals surface area contributed by atoms with E-state index in [1.54, 1.807) is 0 Å². The highest BCUT2D eigenvalue weighted by Crippen LogP contribution is 2.50. The summed E-state index contributed by atoms with van der Waals surface area (Å²) >= 11 is 0. The summed E-state index contributed by atoms with van der Waals surface area (Å²) in [6.07, 6.45) is 25.9. The lowest BCUT2D eigenvalue weighted by molar-refractivity contribution is 0.0972. The SMILES string of the molecule is CCCCCCCCCOC(=O)Oc1c2ccccc2c(-c2c3ccccc3c(OC(=O)OCCCCCCCCC)c3ccc(CC(CC)CCCC)cc23)c2cc(CC(CC)CCCC)ccc12. The second-order valence-electron chi connectivity index (χ2n) is 20.1. The quantitative estimate of drug-likeness (QED) is 0.0187. The van der Waals surface area contributed by atoms with Gasteiger partial charge in [-0.3, -0.25) is 0 Å². The molecule has 0 spiro atoms. The van der Waals surface area contributed by atoms with Gasteiger partial charge in [-0.2, -0.15) is 0 Å². The lowest BCUT2D eigenvalue weighted by atomic mass is 9.83. The van der Waals surface area contributed by atoms with E-state index in [0.29, 0.717) is 36.5 Å². The van der Waals surface area contributed by atoms with Gasteiger partial charge in [0.1, 0.15) is 11.5 Å². The summed E-state index contributed by atoms with van der Waals surface area (Å²) < 4.78 is 24.3. The van der Waals surface area contributed by atoms with E-state index in [1.807, 2.05) is 12.1 Å². The van der Waals surface area contributed by atoms with Gasteiger partial charge >= 0.3 is 12.3 Å². The summed E-state index contributed by atoms with van der Waals surface area (Å²) in [5.41, 5.74) is 4.67. The lowest BCUT2D eigenvalue weighted by Crippen LogP contribution is -2.12. The Morgan fingerprint density at radius 2 is 0.729 bits per heavy atom. The number of fused-ring (bicyclic) bond motifs is 4. The van der Waals surface area contributed by atoms with Crippen LogP contribution in [0.15, 0.2) is 84.9 Å². The number of ether oxygens (including phenoxy) is 4. The molecule has 0 saturated carbocycles. The van der Waals surface area contributed by atoms with Gasteiger partial charge in [-0.1, -0.05) is 255 Å². The van der Waals surface area contributed by atoms with Crippen molar-refractivity contribution in [2.45, 2.75) is 196 Å². The van der Waals surface area contributed by atoms with Gasteiger partial charge in [-0.25, -0.2) is 9.59 Å². The second-order valence-corrected chi connectivity index (χ2v) is 20.1. The standard InChI is InChI=1S/C64H86O6/c1-7-13-17-19-21-23-29-41-67-63(65)69-61-53-35-27-25-33-51(53)59(57-45-49(37-39-55(57)61)43-47(11-5)31-15-9-3)60-52-34-26-28-36-54(52)62(70-64(66)68-42-30-24-22-20-18-14-8-2)56-40-38-50(46-58(56)60)44-48(12-6)32-16-10-4/h25-28,33-40,45-48H,7-24,29-32,41-44H2,1-6H3. The molecule has 0 aliphatic heterocycles. The number of hydrogen-bond donors (Lipinski definition) is 0. The lowest BCUT2D eigenvalue weighted by Gasteiger charge is -2.23. The van der Waals surface area contributed by atoms with Gasteiger partial charge < -0.3 is 18.9 Å². The first-order chi connectivity index (χ1) is 34.3. The van der Waals surface area contributed by atoms with Gasteiger partial charge in [0.25, 0.3) is 0 Å². The zero-order chi connectivity index (χ0) is 49.5. The van der Waals surface area contributed by atoms with Crippen molar-refractivity contribution in [3.8, 4) is 22.6 Å². The molecule has 6 aromatic rings. The third-order valence-electron chi connectivity index (χ3n) is 14.8. The van der Waals surface area contributed by atoms with E-state index in [-0.39, 0.29) is 0 Å². The van der Waals surface area contributed by atoms with Crippen LogP contribution >= 0.6 is 0 Å². The molecule has 0 aliphatic carbocycles. The number of unbranched alkanes of at least 4 members (excludes halogenated alkanes) is 14. The van der Waals surface area contributed by atoms with Gasteiger partial charge in [0.05, 0.1) is 13.2 Å². The number of benzene rings is 6. The molecule has 0 amide bonds. The van der Waals surface area contributed by atoms with Crippen LogP contribution in [0.5, 0.6) is 11.5 Å². The topological polar surface area (TPSA) is 71.1 Å². The summed E-state index contributed by atoms with van der Waals surface area (Å²) in [7, 11) is 0. The first-order valence-corrected chi connectivity index (χ1v) is 28.0. The predicted molar refractivity (Wildman–Crippen MR) is 296 cm³/mol. The molecule has 6 nitrogen and oxygen atoms in total. The summed E-state index contributed by atoms with van der Waals surface area (Å²) in [5.74, 6) is 2.15. The Bertz CT molecular complexity index is 2380. The normalized spacial score (nSPS) is 12.5. The molecule has 2 unspecified atom stereocenters. The van der Waals surface area contributed by atoms with Crippen LogP contribution in [-0.4, -0.2) is 25.5 Å². The van der Waals surface area contributed by atoms with E-state index in [4.69, 9.17) is 18.9 Å². The van der Waals surface area contributed by atoms with Crippen molar-refractivity contribution in [3.05, 3.63) is 96.1 Å². The zero-order valence-electron chi connectivity index (χ0n) is 44.1. The average molecular weight is 951 g/mol. The maximum absolute atomic E-state index is 13.7. The smallest absolute Gasteiger partial charge is 0.434 e. The summed E-state index contributed by atoms with van der Waals surface area (Å²) in [4.78, 5) is 27.4. The third kappa shape index (κ3) is 15.0. The molecule has 0 radical (unpaired) electrons. The molecule has 6 heteroatoms. The maximum Gasteiger partial charge on any atom is 0.513 e. The minimum Gasteiger partial charge on any atom is -0.434 e. The Labute approximate surface area is 421 Å². The minimum atomic E-state index is -0.672. The van der Waals surface area contributed by atoms with Crippen LogP contribution in [-0.2, 0) is 22.3 Å². The average Bonchev–Trinajstić information content (AvgIpc) is 3.38. The molecule has 6 aromatic carbocycles. The van der Waals surface area contributed by atoms with Crippen molar-refractivity contribution in [1.29, 1.82) is 0 Å². The molecule has 0 heterocycles. The molecule has 0 aromatic heterocycles. The molecule has 0 bridgehead atoms. The molecular formula is C64H86O6. The second kappa shape index (κ2) is 29.3. The van der Waals surface area contributed by atoms with Gasteiger partial charge in [0.15, 0.2) is 0 Å². The third-order valence-corrected chi connectivity index (χ3v) is 14.8. The van der Waals surface area contributed by atoms with E-state index in [0.717, 1.165) is 118 Å². The number of carbonyl (C=O) groups excluding carboxylic acids is 2. The Morgan fingerprint density at radius 1 is 0.386 bits per heavy atom. The largest absolute Gasteiger partial charge is 0.513 e. The minimum absolute atomic E-state index is 0.333. The van der Waals surface area contributed by atoms with Gasteiger partial charge in [-0.15, -0.1) is 0 Å². The van der Waals surface area contributed by atoms with E-state index in [9.17, 15) is 9.59 Å². The number of rotatable bonds is 31. The summed E-state index contributed by atoms with van der Waals surface area (Å²) in [6, 6.07) is 30.2. The molecule has 0 aliphatic rings.